The Balaban J connectivity index is 2.02. The molecule has 0 heterocycles. The van der Waals surface area contributed by atoms with Crippen LogP contribution >= 0.6 is 0 Å². The van der Waals surface area contributed by atoms with Crippen molar-refractivity contribution in [2.45, 2.75) is 44.8 Å². The molecule has 114 valence electrons. The van der Waals surface area contributed by atoms with Gasteiger partial charge in [-0.1, -0.05) is 42.5 Å². The third-order valence-corrected chi connectivity index (χ3v) is 4.18. The van der Waals surface area contributed by atoms with Crippen LogP contribution in [0, 0.1) is 0 Å². The Labute approximate surface area is 127 Å². The Kier molecular flexibility index (Phi) is 5.34. The summed E-state index contributed by atoms with van der Waals surface area (Å²) in [5.74, 6) is 5.71. The number of fused-ring (bicyclic) bond motifs is 1. The fourth-order valence-corrected chi connectivity index (χ4v) is 2.52. The summed E-state index contributed by atoms with van der Waals surface area (Å²) in [6, 6.07) is 15.3. The van der Waals surface area contributed by atoms with Gasteiger partial charge >= 0.3 is 0 Å². The van der Waals surface area contributed by atoms with Crippen molar-refractivity contribution in [1.29, 1.82) is 0 Å². The summed E-state index contributed by atoms with van der Waals surface area (Å²) in [6.07, 6.45) is 2.90. The number of nitrogens with two attached hydrogens (primary N) is 1. The Hall–Kier alpha value is -1.42. The highest BCUT2D eigenvalue weighted by Crippen LogP contribution is 2.20. The fourth-order valence-electron chi connectivity index (χ4n) is 2.52. The molecule has 0 spiro atoms. The average Bonchev–Trinajstić information content (AvgIpc) is 2.51. The second kappa shape index (κ2) is 7.03. The minimum absolute atomic E-state index is 0.0987. The lowest BCUT2D eigenvalue weighted by Crippen LogP contribution is -2.38. The number of hydrogen-bond acceptors (Lipinski definition) is 3. The second-order valence-corrected chi connectivity index (χ2v) is 6.25. The lowest BCUT2D eigenvalue weighted by atomic mass is 9.94. The highest BCUT2D eigenvalue weighted by atomic mass is 16.5. The summed E-state index contributed by atoms with van der Waals surface area (Å²) in [6.45, 7) is 4.22. The minimum atomic E-state index is -0.0987. The Morgan fingerprint density at radius 3 is 2.52 bits per heavy atom. The van der Waals surface area contributed by atoms with Crippen LogP contribution in [0.15, 0.2) is 42.5 Å². The van der Waals surface area contributed by atoms with E-state index in [0.29, 0.717) is 0 Å². The molecule has 2 rings (SSSR count). The summed E-state index contributed by atoms with van der Waals surface area (Å²) in [5.41, 5.74) is 4.15. The molecule has 3 nitrogen and oxygen atoms in total. The van der Waals surface area contributed by atoms with Gasteiger partial charge < -0.3 is 4.74 Å². The van der Waals surface area contributed by atoms with Crippen LogP contribution in [0.2, 0.25) is 0 Å². The summed E-state index contributed by atoms with van der Waals surface area (Å²) in [5, 5.41) is 2.56. The first-order valence-corrected chi connectivity index (χ1v) is 7.53. The second-order valence-electron chi connectivity index (χ2n) is 6.25. The van der Waals surface area contributed by atoms with Gasteiger partial charge in [-0.05, 0) is 49.4 Å². The van der Waals surface area contributed by atoms with E-state index in [4.69, 9.17) is 10.6 Å². The molecule has 3 heteroatoms. The molecule has 0 bridgehead atoms. The zero-order valence-corrected chi connectivity index (χ0v) is 13.2. The summed E-state index contributed by atoms with van der Waals surface area (Å²) >= 11 is 0. The third-order valence-electron chi connectivity index (χ3n) is 4.18. The first kappa shape index (κ1) is 16.0. The van der Waals surface area contributed by atoms with E-state index in [-0.39, 0.29) is 11.6 Å². The van der Waals surface area contributed by atoms with Crippen LogP contribution in [-0.4, -0.2) is 18.8 Å². The predicted octanol–water partition coefficient (Wildman–Crippen LogP) is 3.42. The lowest BCUT2D eigenvalue weighted by Gasteiger charge is -2.25. The maximum atomic E-state index is 5.71. The zero-order chi connectivity index (χ0) is 15.3. The normalized spacial score (nSPS) is 13.5. The molecule has 3 N–H and O–H groups in total. The molecule has 0 saturated carbocycles. The molecular weight excluding hydrogens is 260 g/mol. The smallest absolute Gasteiger partial charge is 0.0623 e. The van der Waals surface area contributed by atoms with Crippen LogP contribution in [0.3, 0.4) is 0 Å². The first-order valence-electron chi connectivity index (χ1n) is 7.53. The van der Waals surface area contributed by atoms with Gasteiger partial charge in [0, 0.05) is 13.2 Å². The molecule has 2 aromatic carbocycles. The van der Waals surface area contributed by atoms with E-state index in [1.807, 2.05) is 0 Å². The van der Waals surface area contributed by atoms with Gasteiger partial charge in [0.15, 0.2) is 0 Å². The van der Waals surface area contributed by atoms with Crippen molar-refractivity contribution in [2.75, 3.05) is 7.11 Å². The molecule has 0 aliphatic carbocycles. The molecule has 21 heavy (non-hydrogen) atoms. The number of hydrazine groups is 1. The maximum Gasteiger partial charge on any atom is 0.0623 e. The lowest BCUT2D eigenvalue weighted by molar-refractivity contribution is 0.0117. The molecule has 0 aromatic heterocycles. The first-order chi connectivity index (χ1) is 10.0. The van der Waals surface area contributed by atoms with E-state index in [0.717, 1.165) is 19.3 Å². The standard InChI is InChI=1S/C18H26N2O/c1-18(2,21-3)11-10-17(20-19)13-14-8-9-15-6-4-5-7-16(15)12-14/h4-9,12,17,20H,10-11,13,19H2,1-3H3. The van der Waals surface area contributed by atoms with E-state index < -0.39 is 0 Å². The van der Waals surface area contributed by atoms with E-state index in [9.17, 15) is 0 Å². The maximum absolute atomic E-state index is 5.71. The Morgan fingerprint density at radius 1 is 1.14 bits per heavy atom. The zero-order valence-electron chi connectivity index (χ0n) is 13.2. The molecule has 2 aromatic rings. The Bertz CT molecular complexity index is 580. The number of methoxy groups -OCH3 is 1. The van der Waals surface area contributed by atoms with Gasteiger partial charge in [0.25, 0.3) is 0 Å². The van der Waals surface area contributed by atoms with Gasteiger partial charge in [0.2, 0.25) is 0 Å². The summed E-state index contributed by atoms with van der Waals surface area (Å²) in [7, 11) is 1.76. The van der Waals surface area contributed by atoms with Gasteiger partial charge in [0.1, 0.15) is 0 Å². The highest BCUT2D eigenvalue weighted by Gasteiger charge is 2.19. The topological polar surface area (TPSA) is 47.3 Å². The number of nitrogens with one attached hydrogen (secondary N) is 1. The molecule has 0 aliphatic rings. The van der Waals surface area contributed by atoms with E-state index in [2.05, 4.69) is 61.7 Å². The molecule has 0 radical (unpaired) electrons. The fraction of sp³-hybridized carbons (Fsp3) is 0.444. The van der Waals surface area contributed by atoms with E-state index in [1.54, 1.807) is 7.11 Å². The molecule has 1 atom stereocenters. The molecule has 1 unspecified atom stereocenters. The highest BCUT2D eigenvalue weighted by molar-refractivity contribution is 5.82. The number of hydrogen-bond donors (Lipinski definition) is 2. The number of rotatable bonds is 7. The SMILES string of the molecule is COC(C)(C)CCC(Cc1ccc2ccccc2c1)NN. The minimum Gasteiger partial charge on any atom is -0.379 e. The van der Waals surface area contributed by atoms with Crippen LogP contribution in [0.25, 0.3) is 10.8 Å². The van der Waals surface area contributed by atoms with Crippen LogP contribution in [0.4, 0.5) is 0 Å². The van der Waals surface area contributed by atoms with Crippen LogP contribution < -0.4 is 11.3 Å². The van der Waals surface area contributed by atoms with Crippen molar-refractivity contribution < 1.29 is 4.74 Å². The molecule has 0 saturated heterocycles. The van der Waals surface area contributed by atoms with Crippen molar-refractivity contribution >= 4 is 10.8 Å². The van der Waals surface area contributed by atoms with Gasteiger partial charge in [-0.2, -0.15) is 0 Å². The van der Waals surface area contributed by atoms with Crippen molar-refractivity contribution in [3.05, 3.63) is 48.0 Å². The molecular formula is C18H26N2O. The van der Waals surface area contributed by atoms with Crippen LogP contribution in [-0.2, 0) is 11.2 Å². The largest absolute Gasteiger partial charge is 0.379 e. The van der Waals surface area contributed by atoms with Gasteiger partial charge in [0.05, 0.1) is 5.60 Å². The van der Waals surface area contributed by atoms with Crippen molar-refractivity contribution in [3.63, 3.8) is 0 Å². The quantitative estimate of drug-likeness (QED) is 0.605. The number of benzene rings is 2. The van der Waals surface area contributed by atoms with Gasteiger partial charge in [-0.15, -0.1) is 0 Å². The van der Waals surface area contributed by atoms with E-state index >= 15 is 0 Å². The van der Waals surface area contributed by atoms with Crippen molar-refractivity contribution in [2.24, 2.45) is 5.84 Å². The average molecular weight is 286 g/mol. The van der Waals surface area contributed by atoms with Gasteiger partial charge in [-0.3, -0.25) is 11.3 Å². The van der Waals surface area contributed by atoms with Crippen LogP contribution in [0.1, 0.15) is 32.3 Å². The van der Waals surface area contributed by atoms with Gasteiger partial charge in [-0.25, -0.2) is 0 Å². The van der Waals surface area contributed by atoms with Crippen LogP contribution in [0.5, 0.6) is 0 Å². The van der Waals surface area contributed by atoms with Crippen molar-refractivity contribution in [1.82, 2.24) is 5.43 Å². The third kappa shape index (κ3) is 4.53. The summed E-state index contributed by atoms with van der Waals surface area (Å²) < 4.78 is 5.47. The summed E-state index contributed by atoms with van der Waals surface area (Å²) in [4.78, 5) is 0. The molecule has 0 fully saturated rings. The molecule has 0 aliphatic heterocycles. The number of ether oxygens (including phenoxy) is 1. The predicted molar refractivity (Wildman–Crippen MR) is 89.1 cm³/mol. The van der Waals surface area contributed by atoms with Crippen molar-refractivity contribution in [3.8, 4) is 0 Å². The monoisotopic (exact) mass is 286 g/mol. The molecule has 0 amide bonds. The Morgan fingerprint density at radius 2 is 1.86 bits per heavy atom. The van der Waals surface area contributed by atoms with E-state index in [1.165, 1.54) is 16.3 Å².